The van der Waals surface area contributed by atoms with Gasteiger partial charge in [0.1, 0.15) is 0 Å². The summed E-state index contributed by atoms with van der Waals surface area (Å²) in [5.74, 6) is 0. The molecule has 1 heterocycles. The molecule has 2 heteroatoms. The van der Waals surface area contributed by atoms with Crippen LogP contribution in [-0.4, -0.2) is 6.54 Å². The molecule has 0 radical (unpaired) electrons. The minimum atomic E-state index is 0.469. The molecule has 0 bridgehead atoms. The van der Waals surface area contributed by atoms with Gasteiger partial charge in [-0.3, -0.25) is 0 Å². The minimum Gasteiger partial charge on any atom is -0.310 e. The molecule has 1 aromatic heterocycles. The van der Waals surface area contributed by atoms with Crippen molar-refractivity contribution in [2.24, 2.45) is 0 Å². The first-order chi connectivity index (χ1) is 8.79. The summed E-state index contributed by atoms with van der Waals surface area (Å²) in [6.07, 6.45) is 2.31. The van der Waals surface area contributed by atoms with Crippen LogP contribution in [-0.2, 0) is 6.42 Å². The average molecular weight is 259 g/mol. The lowest BCUT2D eigenvalue weighted by molar-refractivity contribution is 0.516. The van der Waals surface area contributed by atoms with Gasteiger partial charge in [-0.05, 0) is 48.9 Å². The molecule has 1 unspecified atom stereocenters. The van der Waals surface area contributed by atoms with E-state index in [1.54, 1.807) is 0 Å². The molecule has 0 saturated heterocycles. The van der Waals surface area contributed by atoms with Gasteiger partial charge in [0.15, 0.2) is 0 Å². The van der Waals surface area contributed by atoms with Crippen molar-refractivity contribution in [3.63, 3.8) is 0 Å². The molecule has 18 heavy (non-hydrogen) atoms. The number of thiophene rings is 1. The van der Waals surface area contributed by atoms with E-state index < -0.39 is 0 Å². The number of nitrogens with one attached hydrogen (secondary N) is 1. The van der Waals surface area contributed by atoms with Gasteiger partial charge in [0, 0.05) is 10.9 Å². The maximum atomic E-state index is 3.58. The van der Waals surface area contributed by atoms with Crippen LogP contribution in [0, 0.1) is 6.92 Å². The van der Waals surface area contributed by atoms with Gasteiger partial charge >= 0.3 is 0 Å². The van der Waals surface area contributed by atoms with E-state index in [1.807, 2.05) is 11.3 Å². The van der Waals surface area contributed by atoms with Gasteiger partial charge in [-0.1, -0.05) is 37.3 Å². The van der Waals surface area contributed by atoms with E-state index in [0.717, 1.165) is 19.4 Å². The second kappa shape index (κ2) is 6.72. The molecule has 1 atom stereocenters. The van der Waals surface area contributed by atoms with Crippen LogP contribution in [0.25, 0.3) is 0 Å². The van der Waals surface area contributed by atoms with Gasteiger partial charge in [0.25, 0.3) is 0 Å². The molecule has 0 amide bonds. The van der Waals surface area contributed by atoms with Gasteiger partial charge in [-0.25, -0.2) is 0 Å². The number of aryl methyl sites for hydroxylation is 2. The van der Waals surface area contributed by atoms with Crippen LogP contribution >= 0.6 is 11.3 Å². The van der Waals surface area contributed by atoms with Crippen LogP contribution in [0.4, 0.5) is 0 Å². The first kappa shape index (κ1) is 13.3. The molecule has 0 aliphatic rings. The Morgan fingerprint density at radius 3 is 2.61 bits per heavy atom. The molecule has 2 rings (SSSR count). The molecule has 0 aliphatic carbocycles. The first-order valence-corrected chi connectivity index (χ1v) is 7.50. The molecule has 1 nitrogen and oxygen atoms in total. The predicted octanol–water partition coefficient (Wildman–Crippen LogP) is 4.34. The van der Waals surface area contributed by atoms with Crippen molar-refractivity contribution in [2.75, 3.05) is 6.54 Å². The zero-order valence-electron chi connectivity index (χ0n) is 11.1. The van der Waals surface area contributed by atoms with E-state index in [0.29, 0.717) is 6.04 Å². The third-order valence-electron chi connectivity index (χ3n) is 3.16. The zero-order valence-corrected chi connectivity index (χ0v) is 12.0. The summed E-state index contributed by atoms with van der Waals surface area (Å²) < 4.78 is 0. The van der Waals surface area contributed by atoms with Gasteiger partial charge in [-0.2, -0.15) is 0 Å². The molecular weight excluding hydrogens is 238 g/mol. The summed E-state index contributed by atoms with van der Waals surface area (Å²) in [4.78, 5) is 1.41. The average Bonchev–Trinajstić information content (AvgIpc) is 2.81. The third-order valence-corrected chi connectivity index (χ3v) is 4.07. The molecular formula is C16H21NS. The van der Waals surface area contributed by atoms with E-state index in [4.69, 9.17) is 0 Å². The first-order valence-electron chi connectivity index (χ1n) is 6.62. The van der Waals surface area contributed by atoms with Gasteiger partial charge in [-0.15, -0.1) is 11.3 Å². The largest absolute Gasteiger partial charge is 0.310 e. The van der Waals surface area contributed by atoms with Crippen molar-refractivity contribution in [1.29, 1.82) is 0 Å². The fraction of sp³-hybridized carbons (Fsp3) is 0.375. The summed E-state index contributed by atoms with van der Waals surface area (Å²) in [6.45, 7) is 5.36. The van der Waals surface area contributed by atoms with Crippen molar-refractivity contribution in [1.82, 2.24) is 5.32 Å². The fourth-order valence-corrected chi connectivity index (χ4v) is 3.00. The van der Waals surface area contributed by atoms with Crippen LogP contribution in [0.15, 0.2) is 41.8 Å². The van der Waals surface area contributed by atoms with Crippen molar-refractivity contribution >= 4 is 11.3 Å². The van der Waals surface area contributed by atoms with E-state index in [-0.39, 0.29) is 0 Å². The Kier molecular flexibility index (Phi) is 4.97. The molecule has 0 fully saturated rings. The maximum Gasteiger partial charge on any atom is 0.0323 e. The summed E-state index contributed by atoms with van der Waals surface area (Å²) in [5.41, 5.74) is 2.86. The maximum absolute atomic E-state index is 3.58. The SMILES string of the molecule is CCNC(CCc1csc(C)c1)c1ccccc1. The van der Waals surface area contributed by atoms with Crippen LogP contribution in [0.5, 0.6) is 0 Å². The van der Waals surface area contributed by atoms with Gasteiger partial charge in [0.2, 0.25) is 0 Å². The number of hydrogen-bond donors (Lipinski definition) is 1. The van der Waals surface area contributed by atoms with E-state index in [2.05, 4.69) is 60.9 Å². The third kappa shape index (κ3) is 3.69. The molecule has 1 aromatic carbocycles. The number of rotatable bonds is 6. The highest BCUT2D eigenvalue weighted by Crippen LogP contribution is 2.21. The Hall–Kier alpha value is -1.12. The number of benzene rings is 1. The summed E-state index contributed by atoms with van der Waals surface area (Å²) in [6, 6.07) is 13.5. The smallest absolute Gasteiger partial charge is 0.0323 e. The standard InChI is InChI=1S/C16H21NS/c1-3-17-16(15-7-5-4-6-8-15)10-9-14-11-13(2)18-12-14/h4-8,11-12,16-17H,3,9-10H2,1-2H3. The second-order valence-corrected chi connectivity index (χ2v) is 5.74. The van der Waals surface area contributed by atoms with Crippen LogP contribution in [0.3, 0.4) is 0 Å². The molecule has 96 valence electrons. The Bertz CT molecular complexity index is 461. The monoisotopic (exact) mass is 259 g/mol. The lowest BCUT2D eigenvalue weighted by Crippen LogP contribution is -2.21. The molecule has 0 saturated carbocycles. The van der Waals surface area contributed by atoms with Crippen LogP contribution < -0.4 is 5.32 Å². The van der Waals surface area contributed by atoms with E-state index >= 15 is 0 Å². The Morgan fingerprint density at radius 2 is 2.00 bits per heavy atom. The molecule has 2 aromatic rings. The fourth-order valence-electron chi connectivity index (χ4n) is 2.26. The normalized spacial score (nSPS) is 12.6. The summed E-state index contributed by atoms with van der Waals surface area (Å²) >= 11 is 1.84. The minimum absolute atomic E-state index is 0.469. The van der Waals surface area contributed by atoms with Gasteiger partial charge < -0.3 is 5.32 Å². The Morgan fingerprint density at radius 1 is 1.22 bits per heavy atom. The second-order valence-electron chi connectivity index (χ2n) is 4.63. The summed E-state index contributed by atoms with van der Waals surface area (Å²) in [7, 11) is 0. The quantitative estimate of drug-likeness (QED) is 0.813. The zero-order chi connectivity index (χ0) is 12.8. The van der Waals surface area contributed by atoms with Crippen molar-refractivity contribution in [3.8, 4) is 0 Å². The Labute approximate surface area is 114 Å². The van der Waals surface area contributed by atoms with Crippen molar-refractivity contribution in [3.05, 3.63) is 57.8 Å². The Balaban J connectivity index is 1.98. The highest BCUT2D eigenvalue weighted by Gasteiger charge is 2.10. The van der Waals surface area contributed by atoms with E-state index in [1.165, 1.54) is 16.0 Å². The summed E-state index contributed by atoms with van der Waals surface area (Å²) in [5, 5.41) is 5.86. The van der Waals surface area contributed by atoms with Crippen LogP contribution in [0.1, 0.15) is 35.4 Å². The van der Waals surface area contributed by atoms with Crippen molar-refractivity contribution in [2.45, 2.75) is 32.7 Å². The lowest BCUT2D eigenvalue weighted by Gasteiger charge is -2.18. The molecule has 1 N–H and O–H groups in total. The number of hydrogen-bond acceptors (Lipinski definition) is 2. The highest BCUT2D eigenvalue weighted by molar-refractivity contribution is 7.10. The van der Waals surface area contributed by atoms with E-state index in [9.17, 15) is 0 Å². The molecule has 0 aliphatic heterocycles. The van der Waals surface area contributed by atoms with Gasteiger partial charge in [0.05, 0.1) is 0 Å². The van der Waals surface area contributed by atoms with Crippen LogP contribution in [0.2, 0.25) is 0 Å². The van der Waals surface area contributed by atoms with Crippen molar-refractivity contribution < 1.29 is 0 Å². The predicted molar refractivity (Wildman–Crippen MR) is 80.2 cm³/mol. The molecule has 0 spiro atoms. The lowest BCUT2D eigenvalue weighted by atomic mass is 10.00. The topological polar surface area (TPSA) is 12.0 Å². The highest BCUT2D eigenvalue weighted by atomic mass is 32.1.